The molecule has 0 aromatic heterocycles. The number of rotatable bonds is 4. The van der Waals surface area contributed by atoms with Crippen LogP contribution in [-0.2, 0) is 4.79 Å². The normalized spacial score (nSPS) is 27.7. The number of carbonyl (C=O) groups excluding carboxylic acids is 1. The molecule has 1 aliphatic rings. The molecule has 15 heavy (non-hydrogen) atoms. The molecule has 0 saturated carbocycles. The number of nitrogens with zero attached hydrogens (tertiary/aromatic N) is 1. The molecule has 0 aromatic carbocycles. The second-order valence-corrected chi connectivity index (χ2v) is 4.40. The van der Waals surface area contributed by atoms with E-state index >= 15 is 0 Å². The van der Waals surface area contributed by atoms with Crippen molar-refractivity contribution in [2.45, 2.75) is 38.8 Å². The highest BCUT2D eigenvalue weighted by molar-refractivity contribution is 5.78. The second kappa shape index (κ2) is 6.08. The number of hydrogen-bond donors (Lipinski definition) is 2. The predicted octanol–water partition coefficient (Wildman–Crippen LogP) is 0.195. The Labute approximate surface area is 92.4 Å². The van der Waals surface area contributed by atoms with Crippen molar-refractivity contribution >= 4 is 5.91 Å². The van der Waals surface area contributed by atoms with Crippen molar-refractivity contribution in [1.82, 2.24) is 15.5 Å². The van der Waals surface area contributed by atoms with E-state index < -0.39 is 0 Å². The molecule has 4 heteroatoms. The monoisotopic (exact) mass is 213 g/mol. The van der Waals surface area contributed by atoms with Crippen LogP contribution in [0.1, 0.15) is 26.7 Å². The van der Waals surface area contributed by atoms with Crippen molar-refractivity contribution in [1.29, 1.82) is 0 Å². The Kier molecular flexibility index (Phi) is 5.05. The molecule has 2 unspecified atom stereocenters. The van der Waals surface area contributed by atoms with Crippen LogP contribution in [0.2, 0.25) is 0 Å². The van der Waals surface area contributed by atoms with Gasteiger partial charge in [0.05, 0.1) is 6.54 Å². The number of amides is 1. The third-order valence-corrected chi connectivity index (χ3v) is 3.11. The quantitative estimate of drug-likeness (QED) is 0.701. The van der Waals surface area contributed by atoms with Gasteiger partial charge in [-0.25, -0.2) is 0 Å². The van der Waals surface area contributed by atoms with Gasteiger partial charge in [0.1, 0.15) is 0 Å². The molecular formula is C11H23N3O. The van der Waals surface area contributed by atoms with Gasteiger partial charge in [0, 0.05) is 18.6 Å². The topological polar surface area (TPSA) is 44.4 Å². The molecule has 2 N–H and O–H groups in total. The van der Waals surface area contributed by atoms with Crippen LogP contribution >= 0.6 is 0 Å². The molecule has 1 rings (SSSR count). The maximum Gasteiger partial charge on any atom is 0.234 e. The number of likely N-dealkylation sites (N-methyl/N-ethyl adjacent to an activating group) is 1. The number of hydrogen-bond acceptors (Lipinski definition) is 3. The summed E-state index contributed by atoms with van der Waals surface area (Å²) in [5.41, 5.74) is 0. The largest absolute Gasteiger partial charge is 0.352 e. The van der Waals surface area contributed by atoms with Crippen molar-refractivity contribution in [3.8, 4) is 0 Å². The first kappa shape index (κ1) is 12.5. The smallest absolute Gasteiger partial charge is 0.234 e. The average Bonchev–Trinajstić information content (AvgIpc) is 2.20. The van der Waals surface area contributed by atoms with Crippen molar-refractivity contribution in [2.75, 3.05) is 26.7 Å². The summed E-state index contributed by atoms with van der Waals surface area (Å²) in [6.45, 7) is 6.58. The summed E-state index contributed by atoms with van der Waals surface area (Å²) in [7, 11) is 2.14. The molecule has 0 spiro atoms. The fourth-order valence-corrected chi connectivity index (χ4v) is 1.94. The van der Waals surface area contributed by atoms with Gasteiger partial charge in [-0.1, -0.05) is 6.92 Å². The highest BCUT2D eigenvalue weighted by Gasteiger charge is 2.23. The zero-order valence-electron chi connectivity index (χ0n) is 10.0. The molecule has 1 fully saturated rings. The van der Waals surface area contributed by atoms with Crippen LogP contribution in [0.5, 0.6) is 0 Å². The van der Waals surface area contributed by atoms with Crippen LogP contribution in [0.4, 0.5) is 0 Å². The summed E-state index contributed by atoms with van der Waals surface area (Å²) < 4.78 is 0. The minimum Gasteiger partial charge on any atom is -0.352 e. The van der Waals surface area contributed by atoms with Gasteiger partial charge in [-0.05, 0) is 33.4 Å². The first-order chi connectivity index (χ1) is 7.13. The average molecular weight is 213 g/mol. The Balaban J connectivity index is 2.24. The van der Waals surface area contributed by atoms with Crippen LogP contribution in [0.3, 0.4) is 0 Å². The van der Waals surface area contributed by atoms with E-state index in [1.54, 1.807) is 0 Å². The van der Waals surface area contributed by atoms with Crippen molar-refractivity contribution in [3.63, 3.8) is 0 Å². The minimum atomic E-state index is 0.124. The maximum atomic E-state index is 11.5. The molecule has 1 amide bonds. The van der Waals surface area contributed by atoms with Gasteiger partial charge in [0.2, 0.25) is 5.91 Å². The summed E-state index contributed by atoms with van der Waals surface area (Å²) in [5.74, 6) is 0.124. The van der Waals surface area contributed by atoms with Crippen molar-refractivity contribution in [3.05, 3.63) is 0 Å². The van der Waals surface area contributed by atoms with Gasteiger partial charge < -0.3 is 15.5 Å². The Morgan fingerprint density at radius 1 is 1.53 bits per heavy atom. The third kappa shape index (κ3) is 4.18. The first-order valence-electron chi connectivity index (χ1n) is 5.83. The lowest BCUT2D eigenvalue weighted by molar-refractivity contribution is -0.121. The molecule has 1 saturated heterocycles. The summed E-state index contributed by atoms with van der Waals surface area (Å²) in [4.78, 5) is 13.8. The number of nitrogens with one attached hydrogen (secondary N) is 2. The molecule has 0 aliphatic carbocycles. The third-order valence-electron chi connectivity index (χ3n) is 3.11. The Morgan fingerprint density at radius 3 is 2.87 bits per heavy atom. The van der Waals surface area contributed by atoms with Gasteiger partial charge in [0.25, 0.3) is 0 Å². The van der Waals surface area contributed by atoms with E-state index in [0.29, 0.717) is 18.6 Å². The lowest BCUT2D eigenvalue weighted by Crippen LogP contribution is -2.49. The highest BCUT2D eigenvalue weighted by Crippen LogP contribution is 2.14. The fraction of sp³-hybridized carbons (Fsp3) is 0.909. The SMILES string of the molecule is CCNCC(=O)NC1CCN(C)C(C)C1. The molecule has 2 atom stereocenters. The number of likely N-dealkylation sites (tertiary alicyclic amines) is 1. The fourth-order valence-electron chi connectivity index (χ4n) is 1.94. The van der Waals surface area contributed by atoms with Gasteiger partial charge in [0.15, 0.2) is 0 Å². The molecule has 0 radical (unpaired) electrons. The van der Waals surface area contributed by atoms with E-state index in [0.717, 1.165) is 25.9 Å². The van der Waals surface area contributed by atoms with Crippen molar-refractivity contribution in [2.24, 2.45) is 0 Å². The van der Waals surface area contributed by atoms with Gasteiger partial charge in [-0.2, -0.15) is 0 Å². The van der Waals surface area contributed by atoms with E-state index in [9.17, 15) is 4.79 Å². The van der Waals surface area contributed by atoms with E-state index in [-0.39, 0.29) is 5.91 Å². The molecule has 0 aromatic rings. The van der Waals surface area contributed by atoms with Crippen LogP contribution in [0.15, 0.2) is 0 Å². The Hall–Kier alpha value is -0.610. The van der Waals surface area contributed by atoms with E-state index in [1.807, 2.05) is 6.92 Å². The summed E-state index contributed by atoms with van der Waals surface area (Å²) in [6, 6.07) is 0.936. The molecule has 88 valence electrons. The summed E-state index contributed by atoms with van der Waals surface area (Å²) >= 11 is 0. The van der Waals surface area contributed by atoms with Gasteiger partial charge in [-0.3, -0.25) is 4.79 Å². The van der Waals surface area contributed by atoms with E-state index in [2.05, 4.69) is 29.5 Å². The second-order valence-electron chi connectivity index (χ2n) is 4.40. The van der Waals surface area contributed by atoms with E-state index in [1.165, 1.54) is 0 Å². The zero-order valence-corrected chi connectivity index (χ0v) is 10.0. The standard InChI is InChI=1S/C11H23N3O/c1-4-12-8-11(15)13-10-5-6-14(3)9(2)7-10/h9-10,12H,4-8H2,1-3H3,(H,13,15). The maximum absolute atomic E-state index is 11.5. The Bertz CT molecular complexity index is 208. The molecule has 1 heterocycles. The first-order valence-corrected chi connectivity index (χ1v) is 5.83. The summed E-state index contributed by atoms with van der Waals surface area (Å²) in [6.07, 6.45) is 2.13. The molecular weight excluding hydrogens is 190 g/mol. The van der Waals surface area contributed by atoms with Gasteiger partial charge in [-0.15, -0.1) is 0 Å². The molecule has 1 aliphatic heterocycles. The minimum absolute atomic E-state index is 0.124. The molecule has 4 nitrogen and oxygen atoms in total. The molecule has 0 bridgehead atoms. The Morgan fingerprint density at radius 2 is 2.27 bits per heavy atom. The lowest BCUT2D eigenvalue weighted by Gasteiger charge is -2.35. The van der Waals surface area contributed by atoms with Crippen LogP contribution in [-0.4, -0.2) is 49.6 Å². The van der Waals surface area contributed by atoms with Gasteiger partial charge >= 0.3 is 0 Å². The lowest BCUT2D eigenvalue weighted by atomic mass is 9.99. The van der Waals surface area contributed by atoms with Crippen LogP contribution in [0.25, 0.3) is 0 Å². The zero-order chi connectivity index (χ0) is 11.3. The summed E-state index contributed by atoms with van der Waals surface area (Å²) in [5, 5.41) is 6.11. The predicted molar refractivity (Wildman–Crippen MR) is 61.8 cm³/mol. The van der Waals surface area contributed by atoms with Crippen LogP contribution in [0, 0.1) is 0 Å². The highest BCUT2D eigenvalue weighted by atomic mass is 16.1. The van der Waals surface area contributed by atoms with E-state index in [4.69, 9.17) is 0 Å². The number of carbonyl (C=O) groups is 1. The van der Waals surface area contributed by atoms with Crippen molar-refractivity contribution < 1.29 is 4.79 Å². The number of piperidine rings is 1. The van der Waals surface area contributed by atoms with Crippen LogP contribution < -0.4 is 10.6 Å².